The number of hydrogen-bond acceptors (Lipinski definition) is 2. The first-order chi connectivity index (χ1) is 10.1. The molecule has 0 aliphatic heterocycles. The van der Waals surface area contributed by atoms with Crippen LogP contribution in [0.4, 0.5) is 4.39 Å². The highest BCUT2D eigenvalue weighted by molar-refractivity contribution is 5.28. The fourth-order valence-corrected chi connectivity index (χ4v) is 3.45. The van der Waals surface area contributed by atoms with Gasteiger partial charge in [-0.25, -0.2) is 4.39 Å². The molecule has 0 saturated heterocycles. The summed E-state index contributed by atoms with van der Waals surface area (Å²) in [4.78, 5) is 0. The molecule has 0 aromatic heterocycles. The van der Waals surface area contributed by atoms with E-state index in [0.29, 0.717) is 5.56 Å². The number of benzene rings is 1. The quantitative estimate of drug-likeness (QED) is 0.832. The van der Waals surface area contributed by atoms with Gasteiger partial charge in [0, 0.05) is 7.11 Å². The summed E-state index contributed by atoms with van der Waals surface area (Å²) in [6.07, 6.45) is 6.79. The smallest absolute Gasteiger partial charge is 0.126 e. The van der Waals surface area contributed by atoms with Crippen LogP contribution in [0.2, 0.25) is 0 Å². The van der Waals surface area contributed by atoms with Crippen LogP contribution < -0.4 is 5.32 Å². The van der Waals surface area contributed by atoms with Crippen molar-refractivity contribution >= 4 is 0 Å². The van der Waals surface area contributed by atoms with E-state index in [-0.39, 0.29) is 17.5 Å². The minimum atomic E-state index is -0.199. The maximum absolute atomic E-state index is 14.0. The minimum Gasteiger partial charge on any atom is -0.376 e. The van der Waals surface area contributed by atoms with Gasteiger partial charge in [0.15, 0.2) is 0 Å². The molecular formula is C18H28FNO. The van der Waals surface area contributed by atoms with Crippen LogP contribution in [0.3, 0.4) is 0 Å². The topological polar surface area (TPSA) is 21.3 Å². The molecule has 1 atom stereocenters. The molecule has 1 saturated carbocycles. The lowest BCUT2D eigenvalue weighted by Gasteiger charge is -2.43. The first-order valence-corrected chi connectivity index (χ1v) is 8.17. The zero-order chi connectivity index (χ0) is 15.3. The summed E-state index contributed by atoms with van der Waals surface area (Å²) in [6.45, 7) is 4.88. The molecule has 0 spiro atoms. The van der Waals surface area contributed by atoms with Crippen LogP contribution >= 0.6 is 0 Å². The lowest BCUT2D eigenvalue weighted by molar-refractivity contribution is -0.0687. The Bertz CT molecular complexity index is 455. The molecule has 0 radical (unpaired) electrons. The second-order valence-electron chi connectivity index (χ2n) is 6.23. The maximum atomic E-state index is 14.0. The van der Waals surface area contributed by atoms with E-state index in [4.69, 9.17) is 4.74 Å². The number of ether oxygens (including phenoxy) is 1. The molecule has 1 aromatic carbocycles. The van der Waals surface area contributed by atoms with Crippen LogP contribution in [0, 0.1) is 12.7 Å². The molecule has 1 fully saturated rings. The summed E-state index contributed by atoms with van der Waals surface area (Å²) < 4.78 is 20.0. The third-order valence-electron chi connectivity index (χ3n) is 4.76. The highest BCUT2D eigenvalue weighted by Crippen LogP contribution is 2.41. The SMILES string of the molecule is CCCNC(c1ccc(C)c(F)c1)C1(OC)CCCCC1. The number of hydrogen-bond donors (Lipinski definition) is 1. The number of methoxy groups -OCH3 is 1. The zero-order valence-corrected chi connectivity index (χ0v) is 13.5. The van der Waals surface area contributed by atoms with Gasteiger partial charge in [-0.2, -0.15) is 0 Å². The number of nitrogens with one attached hydrogen (secondary N) is 1. The van der Waals surface area contributed by atoms with Crippen molar-refractivity contribution < 1.29 is 9.13 Å². The lowest BCUT2D eigenvalue weighted by atomic mass is 9.76. The Balaban J connectivity index is 2.33. The molecule has 1 aliphatic rings. The van der Waals surface area contributed by atoms with Crippen molar-refractivity contribution in [3.05, 3.63) is 35.1 Å². The molecule has 1 N–H and O–H groups in total. The predicted molar refractivity (Wildman–Crippen MR) is 85.0 cm³/mol. The zero-order valence-electron chi connectivity index (χ0n) is 13.5. The van der Waals surface area contributed by atoms with Gasteiger partial charge >= 0.3 is 0 Å². The number of aryl methyl sites for hydroxylation is 1. The molecule has 21 heavy (non-hydrogen) atoms. The van der Waals surface area contributed by atoms with Gasteiger partial charge in [0.25, 0.3) is 0 Å². The van der Waals surface area contributed by atoms with Crippen LogP contribution in [-0.4, -0.2) is 19.3 Å². The van der Waals surface area contributed by atoms with Crippen LogP contribution in [0.15, 0.2) is 18.2 Å². The molecule has 1 aromatic rings. The molecule has 3 heteroatoms. The largest absolute Gasteiger partial charge is 0.376 e. The van der Waals surface area contributed by atoms with E-state index in [2.05, 4.69) is 12.2 Å². The number of rotatable bonds is 6. The Kier molecular flexibility index (Phi) is 5.77. The van der Waals surface area contributed by atoms with Gasteiger partial charge in [0.2, 0.25) is 0 Å². The summed E-state index contributed by atoms with van der Waals surface area (Å²) >= 11 is 0. The summed E-state index contributed by atoms with van der Waals surface area (Å²) in [5, 5.41) is 3.60. The van der Waals surface area contributed by atoms with E-state index in [1.807, 2.05) is 12.1 Å². The summed E-state index contributed by atoms with van der Waals surface area (Å²) in [5.74, 6) is -0.127. The van der Waals surface area contributed by atoms with Crippen molar-refractivity contribution in [2.75, 3.05) is 13.7 Å². The maximum Gasteiger partial charge on any atom is 0.126 e. The van der Waals surface area contributed by atoms with Crippen LogP contribution in [0.25, 0.3) is 0 Å². The summed E-state index contributed by atoms with van der Waals surface area (Å²) in [5.41, 5.74) is 1.51. The summed E-state index contributed by atoms with van der Waals surface area (Å²) in [6, 6.07) is 5.66. The van der Waals surface area contributed by atoms with E-state index >= 15 is 0 Å². The Morgan fingerprint density at radius 1 is 1.29 bits per heavy atom. The van der Waals surface area contributed by atoms with Crippen molar-refractivity contribution in [2.24, 2.45) is 0 Å². The standard InChI is InChI=1S/C18H28FNO/c1-4-12-20-17(15-9-8-14(2)16(19)13-15)18(21-3)10-6-5-7-11-18/h8-9,13,17,20H,4-7,10-12H2,1-3H3. The first kappa shape index (κ1) is 16.4. The van der Waals surface area contributed by atoms with E-state index in [1.54, 1.807) is 20.1 Å². The first-order valence-electron chi connectivity index (χ1n) is 8.17. The number of halogens is 1. The van der Waals surface area contributed by atoms with Gasteiger partial charge < -0.3 is 10.1 Å². The van der Waals surface area contributed by atoms with Gasteiger partial charge in [-0.3, -0.25) is 0 Å². The van der Waals surface area contributed by atoms with Crippen molar-refractivity contribution in [1.82, 2.24) is 5.32 Å². The highest BCUT2D eigenvalue weighted by Gasteiger charge is 2.40. The van der Waals surface area contributed by atoms with Gasteiger partial charge in [0.05, 0.1) is 11.6 Å². The van der Waals surface area contributed by atoms with Gasteiger partial charge in [-0.1, -0.05) is 38.3 Å². The normalized spacial score (nSPS) is 19.4. The molecule has 118 valence electrons. The Morgan fingerprint density at radius 3 is 2.57 bits per heavy atom. The van der Waals surface area contributed by atoms with E-state index in [9.17, 15) is 4.39 Å². The third kappa shape index (κ3) is 3.64. The van der Waals surface area contributed by atoms with Crippen LogP contribution in [0.5, 0.6) is 0 Å². The monoisotopic (exact) mass is 293 g/mol. The lowest BCUT2D eigenvalue weighted by Crippen LogP contribution is -2.47. The molecule has 0 heterocycles. The van der Waals surface area contributed by atoms with Gasteiger partial charge in [-0.15, -0.1) is 0 Å². The molecule has 0 bridgehead atoms. The Labute approximate surface area is 128 Å². The third-order valence-corrected chi connectivity index (χ3v) is 4.76. The second-order valence-corrected chi connectivity index (χ2v) is 6.23. The van der Waals surface area contributed by atoms with Crippen molar-refractivity contribution in [2.45, 2.75) is 64.0 Å². The van der Waals surface area contributed by atoms with Crippen LogP contribution in [0.1, 0.15) is 62.6 Å². The molecule has 0 amide bonds. The fourth-order valence-electron chi connectivity index (χ4n) is 3.45. The van der Waals surface area contributed by atoms with Crippen molar-refractivity contribution in [3.8, 4) is 0 Å². The van der Waals surface area contributed by atoms with E-state index in [1.165, 1.54) is 19.3 Å². The minimum absolute atomic E-state index is 0.0675. The summed E-state index contributed by atoms with van der Waals surface area (Å²) in [7, 11) is 1.80. The predicted octanol–water partition coefficient (Wildman–Crippen LogP) is 4.52. The van der Waals surface area contributed by atoms with Gasteiger partial charge in [-0.05, 0) is 49.9 Å². The molecule has 1 aliphatic carbocycles. The molecule has 2 nitrogen and oxygen atoms in total. The van der Waals surface area contributed by atoms with E-state index in [0.717, 1.165) is 31.4 Å². The highest BCUT2D eigenvalue weighted by atomic mass is 19.1. The van der Waals surface area contributed by atoms with Crippen LogP contribution in [-0.2, 0) is 4.74 Å². The fraction of sp³-hybridized carbons (Fsp3) is 0.667. The molecular weight excluding hydrogens is 265 g/mol. The average Bonchev–Trinajstić information content (AvgIpc) is 2.52. The Morgan fingerprint density at radius 2 is 2.00 bits per heavy atom. The van der Waals surface area contributed by atoms with Crippen molar-refractivity contribution in [1.29, 1.82) is 0 Å². The van der Waals surface area contributed by atoms with Gasteiger partial charge in [0.1, 0.15) is 5.82 Å². The van der Waals surface area contributed by atoms with E-state index < -0.39 is 0 Å². The average molecular weight is 293 g/mol. The van der Waals surface area contributed by atoms with Crippen molar-refractivity contribution in [3.63, 3.8) is 0 Å². The Hall–Kier alpha value is -0.930. The molecule has 2 rings (SSSR count). The second kappa shape index (κ2) is 7.37. The molecule has 1 unspecified atom stereocenters.